The number of imidazole rings is 1. The zero-order valence-electron chi connectivity index (χ0n) is 13.4. The van der Waals surface area contributed by atoms with Crippen molar-refractivity contribution in [2.45, 2.75) is 19.3 Å². The summed E-state index contributed by atoms with van der Waals surface area (Å²) in [6.07, 6.45) is 1.90. The normalized spacial score (nSPS) is 20.6. The Labute approximate surface area is 138 Å². The Bertz CT molecular complexity index is 782. The van der Waals surface area contributed by atoms with E-state index in [1.165, 1.54) is 0 Å². The van der Waals surface area contributed by atoms with Gasteiger partial charge < -0.3 is 25.7 Å². The maximum atomic E-state index is 12.2. The number of nitrogens with two attached hydrogens (primary N) is 1. The van der Waals surface area contributed by atoms with E-state index >= 15 is 0 Å². The Morgan fingerprint density at radius 2 is 2.12 bits per heavy atom. The predicted molar refractivity (Wildman–Crippen MR) is 87.9 cm³/mol. The molecule has 9 nitrogen and oxygen atoms in total. The Morgan fingerprint density at radius 3 is 2.83 bits per heavy atom. The van der Waals surface area contributed by atoms with Gasteiger partial charge in [-0.05, 0) is 6.92 Å². The van der Waals surface area contributed by atoms with Gasteiger partial charge in [0, 0.05) is 36.7 Å². The maximum absolute atomic E-state index is 12.2. The van der Waals surface area contributed by atoms with Crippen LogP contribution in [0.15, 0.2) is 6.33 Å². The number of aromatic nitrogens is 4. The fourth-order valence-corrected chi connectivity index (χ4v) is 3.24. The van der Waals surface area contributed by atoms with E-state index in [-0.39, 0.29) is 18.2 Å². The van der Waals surface area contributed by atoms with Gasteiger partial charge in [0.05, 0.1) is 25.2 Å². The molecule has 4 N–H and O–H groups in total. The Morgan fingerprint density at radius 1 is 1.33 bits per heavy atom. The number of rotatable bonds is 2. The SMILES string of the molecule is Cc1[nH]cnc1C1CC(=O)Nc2nc(N3CCOCC3)nc(N)c21. The number of nitrogens with zero attached hydrogens (tertiary/aromatic N) is 4. The van der Waals surface area contributed by atoms with Gasteiger partial charge in [-0.25, -0.2) is 4.98 Å². The lowest BCUT2D eigenvalue weighted by atomic mass is 9.89. The van der Waals surface area contributed by atoms with Crippen molar-refractivity contribution in [1.29, 1.82) is 0 Å². The van der Waals surface area contributed by atoms with E-state index in [4.69, 9.17) is 10.5 Å². The first-order chi connectivity index (χ1) is 11.6. The van der Waals surface area contributed by atoms with Crippen molar-refractivity contribution in [3.8, 4) is 0 Å². The van der Waals surface area contributed by atoms with Crippen LogP contribution in [0.1, 0.15) is 29.3 Å². The average Bonchev–Trinajstić information content (AvgIpc) is 3.00. The lowest BCUT2D eigenvalue weighted by Gasteiger charge is -2.30. The van der Waals surface area contributed by atoms with E-state index in [0.29, 0.717) is 43.9 Å². The summed E-state index contributed by atoms with van der Waals surface area (Å²) in [4.78, 5) is 30.6. The molecule has 126 valence electrons. The zero-order chi connectivity index (χ0) is 16.7. The third-order valence-corrected chi connectivity index (χ3v) is 4.45. The third kappa shape index (κ3) is 2.46. The lowest BCUT2D eigenvalue weighted by molar-refractivity contribution is -0.116. The number of hydrogen-bond acceptors (Lipinski definition) is 7. The van der Waals surface area contributed by atoms with Crippen LogP contribution in [-0.2, 0) is 9.53 Å². The number of aromatic amines is 1. The molecule has 0 saturated carbocycles. The number of fused-ring (bicyclic) bond motifs is 1. The van der Waals surface area contributed by atoms with Gasteiger partial charge in [-0.1, -0.05) is 0 Å². The number of morpholine rings is 1. The van der Waals surface area contributed by atoms with Gasteiger partial charge in [0.2, 0.25) is 11.9 Å². The van der Waals surface area contributed by atoms with E-state index < -0.39 is 0 Å². The van der Waals surface area contributed by atoms with Gasteiger partial charge in [0.15, 0.2) is 0 Å². The molecule has 0 radical (unpaired) electrons. The molecule has 1 unspecified atom stereocenters. The number of nitrogens with one attached hydrogen (secondary N) is 2. The summed E-state index contributed by atoms with van der Waals surface area (Å²) in [6.45, 7) is 4.58. The highest BCUT2D eigenvalue weighted by atomic mass is 16.5. The average molecular weight is 329 g/mol. The third-order valence-electron chi connectivity index (χ3n) is 4.45. The summed E-state index contributed by atoms with van der Waals surface area (Å²) in [7, 11) is 0. The second kappa shape index (κ2) is 5.75. The minimum absolute atomic E-state index is 0.0964. The largest absolute Gasteiger partial charge is 0.383 e. The highest BCUT2D eigenvalue weighted by Crippen LogP contribution is 2.39. The summed E-state index contributed by atoms with van der Waals surface area (Å²) >= 11 is 0. The molecule has 1 amide bonds. The molecule has 1 fully saturated rings. The van der Waals surface area contributed by atoms with Gasteiger partial charge in [-0.15, -0.1) is 0 Å². The number of carbonyl (C=O) groups is 1. The van der Waals surface area contributed by atoms with E-state index in [1.54, 1.807) is 6.33 Å². The minimum Gasteiger partial charge on any atom is -0.383 e. The van der Waals surface area contributed by atoms with Crippen molar-refractivity contribution < 1.29 is 9.53 Å². The molecule has 1 saturated heterocycles. The van der Waals surface area contributed by atoms with Crippen LogP contribution in [-0.4, -0.2) is 52.1 Å². The summed E-state index contributed by atoms with van der Waals surface area (Å²) in [5.74, 6) is 1.05. The van der Waals surface area contributed by atoms with Crippen molar-refractivity contribution in [2.75, 3.05) is 42.3 Å². The summed E-state index contributed by atoms with van der Waals surface area (Å²) < 4.78 is 5.35. The standard InChI is InChI=1S/C15H19N7O2/c1-8-12(18-7-17-8)9-6-10(23)19-14-11(9)13(16)20-15(21-14)22-2-4-24-5-3-22/h7,9H,2-6H2,1H3,(H,17,18)(H3,16,19,20,21,23). The fraction of sp³-hybridized carbons (Fsp3) is 0.467. The molecule has 4 heterocycles. The molecule has 0 aliphatic carbocycles. The Kier molecular flexibility index (Phi) is 3.57. The number of hydrogen-bond donors (Lipinski definition) is 3. The molecule has 24 heavy (non-hydrogen) atoms. The Hall–Kier alpha value is -2.68. The molecule has 0 aromatic carbocycles. The quantitative estimate of drug-likeness (QED) is 0.729. The molecule has 2 aromatic heterocycles. The van der Waals surface area contributed by atoms with Gasteiger partial charge >= 0.3 is 0 Å². The highest BCUT2D eigenvalue weighted by molar-refractivity contribution is 5.95. The molecule has 2 aliphatic rings. The second-order valence-electron chi connectivity index (χ2n) is 5.99. The van der Waals surface area contributed by atoms with E-state index in [2.05, 4.69) is 25.3 Å². The van der Waals surface area contributed by atoms with Crippen molar-refractivity contribution in [3.63, 3.8) is 0 Å². The van der Waals surface area contributed by atoms with Crippen LogP contribution >= 0.6 is 0 Å². The van der Waals surface area contributed by atoms with Crippen molar-refractivity contribution in [2.24, 2.45) is 0 Å². The maximum Gasteiger partial charge on any atom is 0.229 e. The van der Waals surface area contributed by atoms with Gasteiger partial charge in [0.1, 0.15) is 11.6 Å². The van der Waals surface area contributed by atoms with Crippen LogP contribution in [0.2, 0.25) is 0 Å². The number of H-pyrrole nitrogens is 1. The van der Waals surface area contributed by atoms with Crippen molar-refractivity contribution in [1.82, 2.24) is 19.9 Å². The number of ether oxygens (including phenoxy) is 1. The van der Waals surface area contributed by atoms with Crippen LogP contribution in [0, 0.1) is 6.92 Å². The van der Waals surface area contributed by atoms with Crippen LogP contribution in [0.4, 0.5) is 17.6 Å². The topological polar surface area (TPSA) is 122 Å². The Balaban J connectivity index is 1.78. The number of amides is 1. The first-order valence-corrected chi connectivity index (χ1v) is 7.93. The summed E-state index contributed by atoms with van der Waals surface area (Å²) in [5.41, 5.74) is 8.70. The van der Waals surface area contributed by atoms with Crippen molar-refractivity contribution in [3.05, 3.63) is 23.3 Å². The van der Waals surface area contributed by atoms with Crippen LogP contribution < -0.4 is 16.0 Å². The van der Waals surface area contributed by atoms with Crippen LogP contribution in [0.3, 0.4) is 0 Å². The number of anilines is 3. The molecule has 0 spiro atoms. The van der Waals surface area contributed by atoms with Gasteiger partial charge in [0.25, 0.3) is 0 Å². The number of carbonyl (C=O) groups excluding carboxylic acids is 1. The summed E-state index contributed by atoms with van der Waals surface area (Å²) in [5, 5.41) is 2.83. The highest BCUT2D eigenvalue weighted by Gasteiger charge is 2.33. The second-order valence-corrected chi connectivity index (χ2v) is 5.99. The lowest BCUT2D eigenvalue weighted by Crippen LogP contribution is -2.38. The molecular formula is C15H19N7O2. The first kappa shape index (κ1) is 14.9. The smallest absolute Gasteiger partial charge is 0.229 e. The zero-order valence-corrected chi connectivity index (χ0v) is 13.4. The predicted octanol–water partition coefficient (Wildman–Crippen LogP) is 0.401. The molecule has 0 bridgehead atoms. The van der Waals surface area contributed by atoms with E-state index in [9.17, 15) is 4.79 Å². The molecule has 2 aliphatic heterocycles. The first-order valence-electron chi connectivity index (χ1n) is 7.93. The van der Waals surface area contributed by atoms with E-state index in [1.807, 2.05) is 11.8 Å². The monoisotopic (exact) mass is 329 g/mol. The molecule has 1 atom stereocenters. The van der Waals surface area contributed by atoms with E-state index in [0.717, 1.165) is 17.0 Å². The number of aryl methyl sites for hydroxylation is 1. The van der Waals surface area contributed by atoms with Gasteiger partial charge in [-0.3, -0.25) is 4.79 Å². The van der Waals surface area contributed by atoms with Gasteiger partial charge in [-0.2, -0.15) is 9.97 Å². The molecule has 2 aromatic rings. The van der Waals surface area contributed by atoms with Crippen LogP contribution in [0.5, 0.6) is 0 Å². The van der Waals surface area contributed by atoms with Crippen molar-refractivity contribution >= 4 is 23.5 Å². The summed E-state index contributed by atoms with van der Waals surface area (Å²) in [6, 6.07) is 0. The molecule has 4 rings (SSSR count). The fourth-order valence-electron chi connectivity index (χ4n) is 3.24. The molecular weight excluding hydrogens is 310 g/mol. The van der Waals surface area contributed by atoms with Crippen LogP contribution in [0.25, 0.3) is 0 Å². The number of nitrogen functional groups attached to an aromatic ring is 1. The minimum atomic E-state index is -0.237. The molecule has 9 heteroatoms.